The van der Waals surface area contributed by atoms with Crippen LogP contribution in [0.4, 0.5) is 4.39 Å². The second kappa shape index (κ2) is 8.61. The highest BCUT2D eigenvalue weighted by molar-refractivity contribution is 7.91. The van der Waals surface area contributed by atoms with Crippen molar-refractivity contribution >= 4 is 15.7 Å². The zero-order valence-electron chi connectivity index (χ0n) is 15.0. The topological polar surface area (TPSA) is 76.1 Å². The van der Waals surface area contributed by atoms with E-state index in [1.807, 2.05) is 0 Å². The van der Waals surface area contributed by atoms with E-state index in [9.17, 15) is 17.6 Å². The molecule has 1 heterocycles. The number of sulfone groups is 1. The fraction of sp³-hybridized carbons (Fsp3) is 0.400. The van der Waals surface area contributed by atoms with Gasteiger partial charge in [-0.2, -0.15) is 0 Å². The number of nitrogens with one attached hydrogen (secondary N) is 1. The molecular formula is C20H23FN2O3S. The highest BCUT2D eigenvalue weighted by Gasteiger charge is 2.31. The Morgan fingerprint density at radius 1 is 1.15 bits per heavy atom. The average Bonchev–Trinajstić information content (AvgIpc) is 2.69. The Balaban J connectivity index is 1.83. The van der Waals surface area contributed by atoms with Crippen molar-refractivity contribution in [2.24, 2.45) is 5.92 Å². The van der Waals surface area contributed by atoms with Crippen molar-refractivity contribution in [3.63, 3.8) is 0 Å². The van der Waals surface area contributed by atoms with E-state index in [-0.39, 0.29) is 23.3 Å². The van der Waals surface area contributed by atoms with Crippen molar-refractivity contribution in [3.8, 4) is 0 Å². The molecule has 27 heavy (non-hydrogen) atoms. The van der Waals surface area contributed by atoms with E-state index in [4.69, 9.17) is 0 Å². The Hall–Kier alpha value is -2.28. The number of halogens is 1. The molecule has 1 aliphatic rings. The maximum absolute atomic E-state index is 13.2. The molecule has 0 bridgehead atoms. The second-order valence-electron chi connectivity index (χ2n) is 6.85. The number of carbonyl (C=O) groups is 1. The van der Waals surface area contributed by atoms with Crippen LogP contribution in [0.5, 0.6) is 0 Å². The summed E-state index contributed by atoms with van der Waals surface area (Å²) >= 11 is 0. The van der Waals surface area contributed by atoms with Crippen molar-refractivity contribution in [1.82, 2.24) is 10.3 Å². The summed E-state index contributed by atoms with van der Waals surface area (Å²) in [6.45, 7) is -0.0409. The van der Waals surface area contributed by atoms with E-state index in [0.717, 1.165) is 44.2 Å². The number of rotatable bonds is 6. The van der Waals surface area contributed by atoms with Crippen LogP contribution in [-0.2, 0) is 14.6 Å². The predicted molar refractivity (Wildman–Crippen MR) is 100 cm³/mol. The maximum atomic E-state index is 13.2. The molecule has 1 saturated carbocycles. The van der Waals surface area contributed by atoms with Gasteiger partial charge in [-0.3, -0.25) is 9.78 Å². The van der Waals surface area contributed by atoms with E-state index >= 15 is 0 Å². The molecule has 5 nitrogen and oxygen atoms in total. The largest absolute Gasteiger partial charge is 0.354 e. The molecule has 1 aliphatic carbocycles. The summed E-state index contributed by atoms with van der Waals surface area (Å²) in [5.74, 6) is -0.655. The zero-order chi connectivity index (χ0) is 19.3. The molecule has 0 saturated heterocycles. The molecule has 1 aromatic heterocycles. The molecule has 0 aliphatic heterocycles. The number of pyridine rings is 1. The van der Waals surface area contributed by atoms with Crippen LogP contribution in [0.1, 0.15) is 42.9 Å². The van der Waals surface area contributed by atoms with Crippen molar-refractivity contribution in [1.29, 1.82) is 0 Å². The van der Waals surface area contributed by atoms with Gasteiger partial charge in [-0.1, -0.05) is 25.3 Å². The van der Waals surface area contributed by atoms with Gasteiger partial charge in [0.15, 0.2) is 9.84 Å². The van der Waals surface area contributed by atoms with Crippen molar-refractivity contribution in [2.75, 3.05) is 6.54 Å². The van der Waals surface area contributed by atoms with Crippen LogP contribution in [0.15, 0.2) is 53.7 Å². The molecule has 1 unspecified atom stereocenters. The third kappa shape index (κ3) is 4.71. The molecule has 1 aromatic carbocycles. The number of benzene rings is 1. The molecule has 7 heteroatoms. The van der Waals surface area contributed by atoms with Crippen LogP contribution < -0.4 is 5.32 Å². The molecule has 1 fully saturated rings. The summed E-state index contributed by atoms with van der Waals surface area (Å²) in [6, 6.07) is 8.06. The summed E-state index contributed by atoms with van der Waals surface area (Å²) in [4.78, 5) is 16.5. The number of hydrogen-bond acceptors (Lipinski definition) is 4. The highest BCUT2D eigenvalue weighted by atomic mass is 32.2. The van der Waals surface area contributed by atoms with E-state index in [1.165, 1.54) is 18.3 Å². The van der Waals surface area contributed by atoms with Gasteiger partial charge in [-0.15, -0.1) is 0 Å². The minimum Gasteiger partial charge on any atom is -0.354 e. The minimum atomic E-state index is -3.82. The van der Waals surface area contributed by atoms with Gasteiger partial charge in [0.2, 0.25) is 5.91 Å². The van der Waals surface area contributed by atoms with Gasteiger partial charge in [0, 0.05) is 24.9 Å². The third-order valence-electron chi connectivity index (χ3n) is 5.01. The van der Waals surface area contributed by atoms with Gasteiger partial charge < -0.3 is 5.32 Å². The van der Waals surface area contributed by atoms with Crippen LogP contribution in [0, 0.1) is 11.7 Å². The highest BCUT2D eigenvalue weighted by Crippen LogP contribution is 2.29. The molecule has 0 spiro atoms. The summed E-state index contributed by atoms with van der Waals surface area (Å²) in [5, 5.41) is 1.84. The lowest BCUT2D eigenvalue weighted by Gasteiger charge is -2.23. The first-order valence-corrected chi connectivity index (χ1v) is 10.7. The minimum absolute atomic E-state index is 0.0182. The SMILES string of the molecule is O=C(NCC(c1cccnc1)S(=O)(=O)c1ccc(F)cc1)C1CCCCC1. The lowest BCUT2D eigenvalue weighted by Crippen LogP contribution is -2.36. The van der Waals surface area contributed by atoms with Crippen LogP contribution in [0.25, 0.3) is 0 Å². The number of aromatic nitrogens is 1. The van der Waals surface area contributed by atoms with Crippen molar-refractivity contribution in [3.05, 3.63) is 60.2 Å². The number of hydrogen-bond donors (Lipinski definition) is 1. The summed E-state index contributed by atoms with van der Waals surface area (Å²) in [5.41, 5.74) is 0.491. The van der Waals surface area contributed by atoms with E-state index < -0.39 is 20.9 Å². The number of carbonyl (C=O) groups excluding carboxylic acids is 1. The van der Waals surface area contributed by atoms with E-state index in [0.29, 0.717) is 5.56 Å². The fourth-order valence-electron chi connectivity index (χ4n) is 3.46. The Morgan fingerprint density at radius 2 is 1.85 bits per heavy atom. The van der Waals surface area contributed by atoms with E-state index in [1.54, 1.807) is 18.3 Å². The molecule has 1 atom stereocenters. The number of nitrogens with zero attached hydrogens (tertiary/aromatic N) is 1. The maximum Gasteiger partial charge on any atom is 0.223 e. The second-order valence-corrected chi connectivity index (χ2v) is 8.98. The Labute approximate surface area is 158 Å². The standard InChI is InChI=1S/C20H23FN2O3S/c21-17-8-10-18(11-9-17)27(25,26)19(16-7-4-12-22-13-16)14-23-20(24)15-5-2-1-3-6-15/h4,7-13,15,19H,1-3,5-6,14H2,(H,23,24). The summed E-state index contributed by atoms with van der Waals surface area (Å²) in [7, 11) is -3.82. The first-order valence-electron chi connectivity index (χ1n) is 9.15. The van der Waals surface area contributed by atoms with Gasteiger partial charge in [0.05, 0.1) is 4.90 Å². The fourth-order valence-corrected chi connectivity index (χ4v) is 5.11. The van der Waals surface area contributed by atoms with Crippen LogP contribution in [0.3, 0.4) is 0 Å². The normalized spacial score (nSPS) is 16.6. The Kier molecular flexibility index (Phi) is 6.21. The first-order chi connectivity index (χ1) is 13.0. The quantitative estimate of drug-likeness (QED) is 0.767. The molecule has 144 valence electrons. The Bertz CT molecular complexity index is 864. The smallest absolute Gasteiger partial charge is 0.223 e. The first kappa shape index (κ1) is 19.5. The summed E-state index contributed by atoms with van der Waals surface area (Å²) < 4.78 is 39.5. The lowest BCUT2D eigenvalue weighted by molar-refractivity contribution is -0.125. The molecule has 1 amide bonds. The number of amides is 1. The molecule has 1 N–H and O–H groups in total. The van der Waals surface area contributed by atoms with Gasteiger partial charge in [0.25, 0.3) is 0 Å². The van der Waals surface area contributed by atoms with Crippen LogP contribution in [-0.4, -0.2) is 25.9 Å². The Morgan fingerprint density at radius 3 is 2.48 bits per heavy atom. The molecular weight excluding hydrogens is 367 g/mol. The molecule has 3 rings (SSSR count). The zero-order valence-corrected chi connectivity index (χ0v) is 15.8. The molecule has 0 radical (unpaired) electrons. The van der Waals surface area contributed by atoms with Gasteiger partial charge in [-0.25, -0.2) is 12.8 Å². The van der Waals surface area contributed by atoms with Gasteiger partial charge >= 0.3 is 0 Å². The van der Waals surface area contributed by atoms with E-state index in [2.05, 4.69) is 10.3 Å². The third-order valence-corrected chi connectivity index (χ3v) is 7.13. The lowest BCUT2D eigenvalue weighted by atomic mass is 9.88. The van der Waals surface area contributed by atoms with Gasteiger partial charge in [0.1, 0.15) is 11.1 Å². The molecule has 2 aromatic rings. The van der Waals surface area contributed by atoms with Crippen LogP contribution >= 0.6 is 0 Å². The monoisotopic (exact) mass is 390 g/mol. The predicted octanol–water partition coefficient (Wildman–Crippen LogP) is 3.43. The van der Waals surface area contributed by atoms with Crippen LogP contribution in [0.2, 0.25) is 0 Å². The van der Waals surface area contributed by atoms with Crippen molar-refractivity contribution < 1.29 is 17.6 Å². The average molecular weight is 390 g/mol. The summed E-state index contributed by atoms with van der Waals surface area (Å²) in [6.07, 6.45) is 7.92. The van der Waals surface area contributed by atoms with Crippen molar-refractivity contribution in [2.45, 2.75) is 42.2 Å². The van der Waals surface area contributed by atoms with Gasteiger partial charge in [-0.05, 0) is 48.7 Å².